The van der Waals surface area contributed by atoms with Gasteiger partial charge in [-0.1, -0.05) is 42.1 Å². The predicted molar refractivity (Wildman–Crippen MR) is 123 cm³/mol. The third-order valence-electron chi connectivity index (χ3n) is 4.24. The van der Waals surface area contributed by atoms with Crippen molar-refractivity contribution in [3.63, 3.8) is 0 Å². The van der Waals surface area contributed by atoms with E-state index in [0.717, 1.165) is 5.56 Å². The molecule has 3 N–H and O–H groups in total. The Morgan fingerprint density at radius 3 is 2.62 bits per heavy atom. The summed E-state index contributed by atoms with van der Waals surface area (Å²) in [5.74, 6) is 1.02. The van der Waals surface area contributed by atoms with Crippen LogP contribution in [0.3, 0.4) is 0 Å². The molecule has 1 heterocycles. The first-order chi connectivity index (χ1) is 15.3. The van der Waals surface area contributed by atoms with Crippen LogP contribution in [0.25, 0.3) is 11.4 Å². The van der Waals surface area contributed by atoms with Gasteiger partial charge in [0.1, 0.15) is 10.6 Å². The molecule has 0 radical (unpaired) electrons. The molecule has 0 saturated heterocycles. The smallest absolute Gasteiger partial charge is 0.251 e. The molecule has 170 valence electrons. The minimum atomic E-state index is -3.82. The highest BCUT2D eigenvalue weighted by Crippen LogP contribution is 2.25. The van der Waals surface area contributed by atoms with E-state index < -0.39 is 10.0 Å². The second-order valence-corrected chi connectivity index (χ2v) is 9.82. The molecule has 11 heteroatoms. The summed E-state index contributed by atoms with van der Waals surface area (Å²) in [6.45, 7) is 3.79. The van der Waals surface area contributed by atoms with Gasteiger partial charge < -0.3 is 10.1 Å². The number of nitrogens with zero attached hydrogens (tertiary/aromatic N) is 2. The van der Waals surface area contributed by atoms with E-state index in [1.165, 1.54) is 37.1 Å². The Morgan fingerprint density at radius 2 is 1.94 bits per heavy atom. The fraction of sp³-hybridized carbons (Fsp3) is 0.286. The Labute approximate surface area is 191 Å². The van der Waals surface area contributed by atoms with Crippen LogP contribution in [0, 0.1) is 0 Å². The highest BCUT2D eigenvalue weighted by molar-refractivity contribution is 7.99. The number of aromatic nitrogens is 3. The van der Waals surface area contributed by atoms with Gasteiger partial charge in [-0.25, -0.2) is 18.1 Å². The molecule has 9 nitrogen and oxygen atoms in total. The monoisotopic (exact) mass is 475 g/mol. The molecule has 0 spiro atoms. The van der Waals surface area contributed by atoms with E-state index in [1.807, 2.05) is 30.3 Å². The number of hydrogen-bond acceptors (Lipinski definition) is 7. The van der Waals surface area contributed by atoms with Crippen molar-refractivity contribution in [2.24, 2.45) is 0 Å². The van der Waals surface area contributed by atoms with Crippen molar-refractivity contribution in [1.29, 1.82) is 0 Å². The van der Waals surface area contributed by atoms with Crippen LogP contribution in [0.5, 0.6) is 5.75 Å². The lowest BCUT2D eigenvalue weighted by Crippen LogP contribution is -2.31. The number of carbonyl (C=O) groups is 1. The number of rotatable bonds is 10. The van der Waals surface area contributed by atoms with Gasteiger partial charge in [-0.3, -0.25) is 9.89 Å². The molecule has 0 unspecified atom stereocenters. The molecule has 0 aliphatic heterocycles. The molecule has 0 fully saturated rings. The van der Waals surface area contributed by atoms with Crippen molar-refractivity contribution in [2.45, 2.75) is 29.9 Å². The summed E-state index contributed by atoms with van der Waals surface area (Å²) in [7, 11) is -2.44. The normalized spacial score (nSPS) is 11.5. The van der Waals surface area contributed by atoms with Gasteiger partial charge >= 0.3 is 0 Å². The summed E-state index contributed by atoms with van der Waals surface area (Å²) < 4.78 is 32.8. The maximum absolute atomic E-state index is 12.6. The van der Waals surface area contributed by atoms with E-state index in [9.17, 15) is 13.2 Å². The number of hydrogen-bond donors (Lipinski definition) is 3. The lowest BCUT2D eigenvalue weighted by atomic mass is 10.2. The highest BCUT2D eigenvalue weighted by atomic mass is 32.2. The zero-order valence-electron chi connectivity index (χ0n) is 18.0. The number of methoxy groups -OCH3 is 1. The zero-order chi connectivity index (χ0) is 23.1. The first-order valence-corrected chi connectivity index (χ1v) is 12.4. The van der Waals surface area contributed by atoms with Gasteiger partial charge in [-0.05, 0) is 32.0 Å². The predicted octanol–water partition coefficient (Wildman–Crippen LogP) is 2.69. The molecule has 0 aliphatic rings. The standard InChI is InChI=1S/C21H25N5O4S2/c1-14(2)26-32(28,29)18-13-16(9-10-17(18)30-3)20(27)22-11-12-31-21-23-19(24-25-21)15-7-5-4-6-8-15/h4-10,13-14,26H,11-12H2,1-3H3,(H,22,27)(H,23,24,25). The van der Waals surface area contributed by atoms with Crippen molar-refractivity contribution in [3.05, 3.63) is 54.1 Å². The van der Waals surface area contributed by atoms with Gasteiger partial charge in [-0.15, -0.1) is 5.10 Å². The first kappa shape index (κ1) is 23.8. The Morgan fingerprint density at radius 1 is 1.19 bits per heavy atom. The van der Waals surface area contributed by atoms with Crippen LogP contribution in [0.15, 0.2) is 58.6 Å². The van der Waals surface area contributed by atoms with Gasteiger partial charge in [0, 0.05) is 29.5 Å². The number of carbonyl (C=O) groups excluding carboxylic acids is 1. The van der Waals surface area contributed by atoms with E-state index in [-0.39, 0.29) is 28.2 Å². The van der Waals surface area contributed by atoms with Gasteiger partial charge in [-0.2, -0.15) is 0 Å². The first-order valence-electron chi connectivity index (χ1n) is 9.89. The summed E-state index contributed by atoms with van der Waals surface area (Å²) >= 11 is 1.40. The number of sulfonamides is 1. The third-order valence-corrected chi connectivity index (χ3v) is 6.77. The molecule has 0 atom stereocenters. The Balaban J connectivity index is 1.58. The average Bonchev–Trinajstić information content (AvgIpc) is 3.25. The van der Waals surface area contributed by atoms with Crippen molar-refractivity contribution in [3.8, 4) is 17.1 Å². The maximum Gasteiger partial charge on any atom is 0.251 e. The number of nitrogens with one attached hydrogen (secondary N) is 3. The molecule has 0 bridgehead atoms. The summed E-state index contributed by atoms with van der Waals surface area (Å²) in [5.41, 5.74) is 1.17. The molecule has 1 aromatic heterocycles. The second-order valence-electron chi connectivity index (χ2n) is 7.08. The van der Waals surface area contributed by atoms with Crippen molar-refractivity contribution in [2.75, 3.05) is 19.4 Å². The van der Waals surface area contributed by atoms with E-state index >= 15 is 0 Å². The molecule has 0 aliphatic carbocycles. The SMILES string of the molecule is COc1ccc(C(=O)NCCSc2n[nH]c(-c3ccccc3)n2)cc1S(=O)(=O)NC(C)C. The molecular formula is C21H25N5O4S2. The number of benzene rings is 2. The Bertz CT molecular complexity index is 1160. The van der Waals surface area contributed by atoms with Crippen LogP contribution < -0.4 is 14.8 Å². The minimum Gasteiger partial charge on any atom is -0.495 e. The van der Waals surface area contributed by atoms with Crippen molar-refractivity contribution >= 4 is 27.7 Å². The number of amides is 1. The maximum atomic E-state index is 12.6. The minimum absolute atomic E-state index is 0.0788. The number of thioether (sulfide) groups is 1. The zero-order valence-corrected chi connectivity index (χ0v) is 19.6. The van der Waals surface area contributed by atoms with Crippen molar-refractivity contribution in [1.82, 2.24) is 25.2 Å². The molecule has 3 rings (SSSR count). The van der Waals surface area contributed by atoms with Gasteiger partial charge in [0.25, 0.3) is 5.91 Å². The lowest BCUT2D eigenvalue weighted by Gasteiger charge is -2.14. The van der Waals surface area contributed by atoms with Gasteiger partial charge in [0.05, 0.1) is 7.11 Å². The van der Waals surface area contributed by atoms with E-state index in [2.05, 4.69) is 25.2 Å². The average molecular weight is 476 g/mol. The summed E-state index contributed by atoms with van der Waals surface area (Å²) in [4.78, 5) is 16.9. The van der Waals surface area contributed by atoms with Crippen LogP contribution in [0.4, 0.5) is 0 Å². The van der Waals surface area contributed by atoms with E-state index in [0.29, 0.717) is 23.3 Å². The fourth-order valence-electron chi connectivity index (χ4n) is 2.85. The Kier molecular flexibility index (Phi) is 7.89. The molecule has 3 aromatic rings. The number of ether oxygens (including phenoxy) is 1. The fourth-order valence-corrected chi connectivity index (χ4v) is 4.95. The topological polar surface area (TPSA) is 126 Å². The van der Waals surface area contributed by atoms with Crippen LogP contribution >= 0.6 is 11.8 Å². The van der Waals surface area contributed by atoms with Crippen LogP contribution in [-0.4, -0.2) is 55.0 Å². The lowest BCUT2D eigenvalue weighted by molar-refractivity contribution is 0.0956. The summed E-state index contributed by atoms with van der Waals surface area (Å²) in [6.07, 6.45) is 0. The quantitative estimate of drug-likeness (QED) is 0.304. The van der Waals surface area contributed by atoms with Crippen LogP contribution in [0.1, 0.15) is 24.2 Å². The number of aromatic amines is 1. The second kappa shape index (κ2) is 10.6. The Hall–Kier alpha value is -2.89. The number of H-pyrrole nitrogens is 1. The van der Waals surface area contributed by atoms with E-state index in [4.69, 9.17) is 4.74 Å². The van der Waals surface area contributed by atoms with E-state index in [1.54, 1.807) is 13.8 Å². The highest BCUT2D eigenvalue weighted by Gasteiger charge is 2.22. The van der Waals surface area contributed by atoms with Gasteiger partial charge in [0.2, 0.25) is 15.2 Å². The molecule has 2 aromatic carbocycles. The molecule has 0 saturated carbocycles. The van der Waals surface area contributed by atoms with Crippen LogP contribution in [0.2, 0.25) is 0 Å². The van der Waals surface area contributed by atoms with Crippen LogP contribution in [-0.2, 0) is 10.0 Å². The van der Waals surface area contributed by atoms with Crippen molar-refractivity contribution < 1.29 is 17.9 Å². The summed E-state index contributed by atoms with van der Waals surface area (Å²) in [5, 5.41) is 10.4. The summed E-state index contributed by atoms with van der Waals surface area (Å²) in [6, 6.07) is 13.7. The molecule has 32 heavy (non-hydrogen) atoms. The largest absolute Gasteiger partial charge is 0.495 e. The molecule has 1 amide bonds. The molecular weight excluding hydrogens is 450 g/mol. The third kappa shape index (κ3) is 6.09. The van der Waals surface area contributed by atoms with Gasteiger partial charge in [0.15, 0.2) is 5.82 Å².